The Balaban J connectivity index is 2.60. The highest BCUT2D eigenvalue weighted by molar-refractivity contribution is 5.92. The molecule has 18 heavy (non-hydrogen) atoms. The molecule has 0 atom stereocenters. The van der Waals surface area contributed by atoms with Crippen molar-refractivity contribution in [3.8, 4) is 5.75 Å². The van der Waals surface area contributed by atoms with Gasteiger partial charge in [0.05, 0.1) is 7.11 Å². The second kappa shape index (κ2) is 6.35. The van der Waals surface area contributed by atoms with Gasteiger partial charge in [-0.25, -0.2) is 0 Å². The van der Waals surface area contributed by atoms with Crippen LogP contribution in [0.25, 0.3) is 0 Å². The molecule has 100 valence electrons. The van der Waals surface area contributed by atoms with Crippen LogP contribution in [0, 0.1) is 5.41 Å². The third-order valence-electron chi connectivity index (χ3n) is 2.72. The highest BCUT2D eigenvalue weighted by Gasteiger charge is 2.19. The lowest BCUT2D eigenvalue weighted by Gasteiger charge is -2.23. The molecule has 1 heterocycles. The average Bonchev–Trinajstić information content (AvgIpc) is 2.36. The van der Waals surface area contributed by atoms with Crippen LogP contribution in [0.4, 0.5) is 0 Å². The van der Waals surface area contributed by atoms with Gasteiger partial charge in [0.1, 0.15) is 11.4 Å². The topological polar surface area (TPSA) is 71.5 Å². The third kappa shape index (κ3) is 4.33. The van der Waals surface area contributed by atoms with Crippen molar-refractivity contribution in [3.63, 3.8) is 0 Å². The smallest absolute Gasteiger partial charge is 0.270 e. The number of methoxy groups -OCH3 is 1. The van der Waals surface area contributed by atoms with Gasteiger partial charge in [0.15, 0.2) is 0 Å². The van der Waals surface area contributed by atoms with E-state index in [1.54, 1.807) is 19.2 Å². The van der Waals surface area contributed by atoms with Crippen LogP contribution in [0.15, 0.2) is 18.3 Å². The lowest BCUT2D eigenvalue weighted by molar-refractivity contribution is 0.0923. The predicted molar refractivity (Wildman–Crippen MR) is 68.6 cm³/mol. The molecule has 0 saturated heterocycles. The van der Waals surface area contributed by atoms with Gasteiger partial charge >= 0.3 is 0 Å². The number of aliphatic hydroxyl groups excluding tert-OH is 1. The first-order valence-electron chi connectivity index (χ1n) is 5.87. The zero-order valence-electron chi connectivity index (χ0n) is 11.1. The monoisotopic (exact) mass is 252 g/mol. The molecule has 2 N–H and O–H groups in total. The molecule has 1 aromatic rings. The minimum absolute atomic E-state index is 0.111. The first-order valence-corrected chi connectivity index (χ1v) is 5.87. The molecule has 1 aromatic heterocycles. The Hall–Kier alpha value is -1.62. The molecule has 0 aromatic carbocycles. The SMILES string of the molecule is COc1ccnc(C(=O)NCC(C)(C)CCO)c1. The highest BCUT2D eigenvalue weighted by Crippen LogP contribution is 2.18. The van der Waals surface area contributed by atoms with Gasteiger partial charge in [0.2, 0.25) is 0 Å². The lowest BCUT2D eigenvalue weighted by Crippen LogP contribution is -2.34. The number of aliphatic hydroxyl groups is 1. The van der Waals surface area contributed by atoms with Gasteiger partial charge in [-0.15, -0.1) is 0 Å². The summed E-state index contributed by atoms with van der Waals surface area (Å²) < 4.78 is 5.04. The van der Waals surface area contributed by atoms with Crippen molar-refractivity contribution in [1.29, 1.82) is 0 Å². The van der Waals surface area contributed by atoms with E-state index in [4.69, 9.17) is 9.84 Å². The quantitative estimate of drug-likeness (QED) is 0.798. The molecule has 1 rings (SSSR count). The number of nitrogens with one attached hydrogen (secondary N) is 1. The maximum absolute atomic E-state index is 11.9. The van der Waals surface area contributed by atoms with Crippen LogP contribution in [0.3, 0.4) is 0 Å². The molecule has 5 heteroatoms. The molecule has 0 aliphatic heterocycles. The number of aromatic nitrogens is 1. The van der Waals surface area contributed by atoms with E-state index in [0.29, 0.717) is 24.4 Å². The molecular weight excluding hydrogens is 232 g/mol. The van der Waals surface area contributed by atoms with E-state index in [2.05, 4.69) is 10.3 Å². The summed E-state index contributed by atoms with van der Waals surface area (Å²) >= 11 is 0. The number of hydrogen-bond donors (Lipinski definition) is 2. The van der Waals surface area contributed by atoms with Gasteiger partial charge in [0.25, 0.3) is 5.91 Å². The number of carbonyl (C=O) groups excluding carboxylic acids is 1. The Morgan fingerprint density at radius 3 is 2.89 bits per heavy atom. The van der Waals surface area contributed by atoms with Crippen molar-refractivity contribution in [3.05, 3.63) is 24.0 Å². The van der Waals surface area contributed by atoms with E-state index in [-0.39, 0.29) is 17.9 Å². The molecule has 0 radical (unpaired) electrons. The van der Waals surface area contributed by atoms with Crippen LogP contribution in [-0.2, 0) is 0 Å². The molecule has 5 nitrogen and oxygen atoms in total. The Morgan fingerprint density at radius 2 is 2.28 bits per heavy atom. The molecule has 0 saturated carbocycles. The Morgan fingerprint density at radius 1 is 1.56 bits per heavy atom. The summed E-state index contributed by atoms with van der Waals surface area (Å²) in [4.78, 5) is 15.9. The summed E-state index contributed by atoms with van der Waals surface area (Å²) in [7, 11) is 1.54. The van der Waals surface area contributed by atoms with E-state index < -0.39 is 0 Å². The Labute approximate surface area is 107 Å². The third-order valence-corrected chi connectivity index (χ3v) is 2.72. The molecular formula is C13H20N2O3. The fourth-order valence-corrected chi connectivity index (χ4v) is 1.46. The van der Waals surface area contributed by atoms with Crippen molar-refractivity contribution in [2.45, 2.75) is 20.3 Å². The van der Waals surface area contributed by atoms with E-state index in [9.17, 15) is 4.79 Å². The van der Waals surface area contributed by atoms with Crippen LogP contribution in [0.2, 0.25) is 0 Å². The van der Waals surface area contributed by atoms with Crippen molar-refractivity contribution >= 4 is 5.91 Å². The summed E-state index contributed by atoms with van der Waals surface area (Å²) in [6.45, 7) is 4.58. The number of rotatable bonds is 6. The number of carbonyl (C=O) groups is 1. The number of hydrogen-bond acceptors (Lipinski definition) is 4. The summed E-state index contributed by atoms with van der Waals surface area (Å²) in [6, 6.07) is 3.28. The molecule has 0 unspecified atom stereocenters. The zero-order valence-corrected chi connectivity index (χ0v) is 11.1. The van der Waals surface area contributed by atoms with E-state index in [0.717, 1.165) is 0 Å². The van der Waals surface area contributed by atoms with Crippen molar-refractivity contribution < 1.29 is 14.6 Å². The van der Waals surface area contributed by atoms with Crippen LogP contribution < -0.4 is 10.1 Å². The maximum Gasteiger partial charge on any atom is 0.270 e. The van der Waals surface area contributed by atoms with Crippen molar-refractivity contribution in [1.82, 2.24) is 10.3 Å². The molecule has 0 aliphatic rings. The van der Waals surface area contributed by atoms with Gasteiger partial charge in [-0.2, -0.15) is 0 Å². The van der Waals surface area contributed by atoms with Crippen LogP contribution >= 0.6 is 0 Å². The second-order valence-electron chi connectivity index (χ2n) is 4.90. The molecule has 0 bridgehead atoms. The van der Waals surface area contributed by atoms with Crippen LogP contribution in [-0.4, -0.2) is 36.3 Å². The first kappa shape index (κ1) is 14.4. The summed E-state index contributed by atoms with van der Waals surface area (Å²) in [6.07, 6.45) is 2.17. The van der Waals surface area contributed by atoms with E-state index in [1.165, 1.54) is 6.20 Å². The molecule has 0 spiro atoms. The largest absolute Gasteiger partial charge is 0.497 e. The molecule has 1 amide bonds. The number of ether oxygens (including phenoxy) is 1. The van der Waals surface area contributed by atoms with Gasteiger partial charge in [-0.3, -0.25) is 9.78 Å². The van der Waals surface area contributed by atoms with Crippen LogP contribution in [0.1, 0.15) is 30.8 Å². The first-order chi connectivity index (χ1) is 8.48. The standard InChI is InChI=1S/C13H20N2O3/c1-13(2,5-7-16)9-15-12(17)11-8-10(18-3)4-6-14-11/h4,6,8,16H,5,7,9H2,1-3H3,(H,15,17). The van der Waals surface area contributed by atoms with Crippen molar-refractivity contribution in [2.24, 2.45) is 5.41 Å². The molecule has 0 aliphatic carbocycles. The normalized spacial score (nSPS) is 11.1. The van der Waals surface area contributed by atoms with Gasteiger partial charge < -0.3 is 15.2 Å². The minimum atomic E-state index is -0.236. The van der Waals surface area contributed by atoms with Crippen LogP contribution in [0.5, 0.6) is 5.75 Å². The zero-order chi connectivity index (χ0) is 13.6. The summed E-state index contributed by atoms with van der Waals surface area (Å²) in [5, 5.41) is 11.7. The number of pyridine rings is 1. The number of nitrogens with zero attached hydrogens (tertiary/aromatic N) is 1. The van der Waals surface area contributed by atoms with Gasteiger partial charge in [-0.05, 0) is 17.9 Å². The minimum Gasteiger partial charge on any atom is -0.497 e. The summed E-state index contributed by atoms with van der Waals surface area (Å²) in [5.74, 6) is 0.365. The van der Waals surface area contributed by atoms with Gasteiger partial charge in [-0.1, -0.05) is 13.8 Å². The maximum atomic E-state index is 11.9. The second-order valence-corrected chi connectivity index (χ2v) is 4.90. The Kier molecular flexibility index (Phi) is 5.09. The van der Waals surface area contributed by atoms with Gasteiger partial charge in [0, 0.05) is 25.4 Å². The predicted octanol–water partition coefficient (Wildman–Crippen LogP) is 1.23. The summed E-state index contributed by atoms with van der Waals surface area (Å²) in [5.41, 5.74) is 0.192. The lowest BCUT2D eigenvalue weighted by atomic mass is 9.90. The molecule has 0 fully saturated rings. The Bertz CT molecular complexity index is 405. The van der Waals surface area contributed by atoms with E-state index >= 15 is 0 Å². The fraction of sp³-hybridized carbons (Fsp3) is 0.538. The number of amides is 1. The van der Waals surface area contributed by atoms with Crippen molar-refractivity contribution in [2.75, 3.05) is 20.3 Å². The highest BCUT2D eigenvalue weighted by atomic mass is 16.5. The average molecular weight is 252 g/mol. The van der Waals surface area contributed by atoms with E-state index in [1.807, 2.05) is 13.8 Å². The fourth-order valence-electron chi connectivity index (χ4n) is 1.46.